The molecule has 1 spiro atoms. The van der Waals surface area contributed by atoms with Gasteiger partial charge in [0.25, 0.3) is 11.5 Å². The molecule has 2 aliphatic rings. The van der Waals surface area contributed by atoms with Gasteiger partial charge in [-0.25, -0.2) is 0 Å². The van der Waals surface area contributed by atoms with Crippen LogP contribution in [0.2, 0.25) is 18.6 Å². The molecule has 52 heavy (non-hydrogen) atoms. The van der Waals surface area contributed by atoms with E-state index in [1.807, 2.05) is 37.3 Å². The van der Waals surface area contributed by atoms with E-state index >= 15 is 4.11 Å². The molecular formula is C38H46FN5O7Si. The van der Waals surface area contributed by atoms with Crippen LogP contribution in [0.15, 0.2) is 77.9 Å². The summed E-state index contributed by atoms with van der Waals surface area (Å²) in [6, 6.07) is 18.3. The van der Waals surface area contributed by atoms with Crippen molar-refractivity contribution < 1.29 is 33.0 Å². The third kappa shape index (κ3) is 6.82. The average molecular weight is 732 g/mol. The van der Waals surface area contributed by atoms with Crippen LogP contribution in [0.5, 0.6) is 5.75 Å². The Labute approximate surface area is 303 Å². The number of fused-ring (bicyclic) bond motifs is 2. The van der Waals surface area contributed by atoms with E-state index in [-0.39, 0.29) is 42.1 Å². The minimum atomic E-state index is -3.46. The van der Waals surface area contributed by atoms with Crippen molar-refractivity contribution in [3.05, 3.63) is 100 Å². The summed E-state index contributed by atoms with van der Waals surface area (Å²) in [5, 5.41) is 18.8. The van der Waals surface area contributed by atoms with Crippen LogP contribution < -0.4 is 15.2 Å². The van der Waals surface area contributed by atoms with Gasteiger partial charge in [-0.15, -0.1) is 5.10 Å². The summed E-state index contributed by atoms with van der Waals surface area (Å²) in [6.07, 6.45) is 4.44. The average Bonchev–Trinajstić information content (AvgIpc) is 3.79. The minimum absolute atomic E-state index is 0.136. The van der Waals surface area contributed by atoms with Crippen LogP contribution in [-0.4, -0.2) is 78.4 Å². The van der Waals surface area contributed by atoms with Gasteiger partial charge in [0, 0.05) is 54.6 Å². The van der Waals surface area contributed by atoms with Crippen LogP contribution in [0.3, 0.4) is 0 Å². The number of esters is 1. The lowest BCUT2D eigenvalue weighted by molar-refractivity contribution is -0.146. The predicted octanol–water partition coefficient (Wildman–Crippen LogP) is 5.12. The molecule has 276 valence electrons. The zero-order valence-electron chi connectivity index (χ0n) is 30.2. The van der Waals surface area contributed by atoms with Gasteiger partial charge in [-0.3, -0.25) is 23.6 Å². The lowest BCUT2D eigenvalue weighted by Crippen LogP contribution is -2.45. The molecule has 0 aliphatic carbocycles. The van der Waals surface area contributed by atoms with Gasteiger partial charge in [0.05, 0.1) is 44.2 Å². The molecule has 0 radical (unpaired) electrons. The van der Waals surface area contributed by atoms with Crippen molar-refractivity contribution in [1.82, 2.24) is 19.6 Å². The maximum atomic E-state index is 16.5. The smallest absolute Gasteiger partial charge is 0.305 e. The van der Waals surface area contributed by atoms with E-state index in [2.05, 4.69) is 10.3 Å². The van der Waals surface area contributed by atoms with Crippen LogP contribution in [0.25, 0.3) is 5.69 Å². The summed E-state index contributed by atoms with van der Waals surface area (Å²) < 4.78 is 36.7. The highest BCUT2D eigenvalue weighted by molar-refractivity contribution is 6.72. The molecule has 5 atom stereocenters. The van der Waals surface area contributed by atoms with Crippen molar-refractivity contribution in [2.24, 2.45) is 5.92 Å². The second-order valence-corrected chi connectivity index (χ2v) is 17.9. The normalized spacial score (nSPS) is 21.8. The number of anilines is 1. The van der Waals surface area contributed by atoms with Crippen LogP contribution in [0, 0.1) is 5.92 Å². The van der Waals surface area contributed by atoms with Crippen molar-refractivity contribution in [1.29, 1.82) is 0 Å². The maximum absolute atomic E-state index is 16.5. The highest BCUT2D eigenvalue weighted by atomic mass is 28.4. The molecule has 0 bridgehead atoms. The lowest BCUT2D eigenvalue weighted by atomic mass is 9.82. The van der Waals surface area contributed by atoms with Crippen molar-refractivity contribution in [2.45, 2.75) is 75.4 Å². The first-order valence-corrected chi connectivity index (χ1v) is 20.6. The van der Waals surface area contributed by atoms with Crippen molar-refractivity contribution in [3.8, 4) is 11.4 Å². The monoisotopic (exact) mass is 731 g/mol. The molecule has 6 rings (SSSR count). The Balaban J connectivity index is 1.35. The highest BCUT2D eigenvalue weighted by Gasteiger charge is 2.66. The molecule has 1 fully saturated rings. The number of carbonyl (C=O) groups is 2. The molecule has 0 saturated carbocycles. The third-order valence-corrected chi connectivity index (χ3v) is 13.0. The summed E-state index contributed by atoms with van der Waals surface area (Å²) >= 11 is 0. The van der Waals surface area contributed by atoms with Gasteiger partial charge in [0.2, 0.25) is 8.41 Å². The Hall–Kier alpha value is -4.66. The highest BCUT2D eigenvalue weighted by Crippen LogP contribution is 2.60. The standard InChI is InChI=1S/C38H46FN5O7Si/c1-25-35(52(4,5)39)32(18-21-42-23-30(40-41-42)28(24-45)26-12-7-6-8-13-26)51-38(25)29-22-27(43-20-11-14-33(49-2)36(43)47)16-17-31(29)44(37(38)48)19-10-9-15-34(46)50-3/h6-8,11-14,16-17,20,22-23,25,28,32,35,45H,9-10,15,18-19,21,24H2,1-5H3/t25-,28?,32+,35-,38+/m0/s1. The summed E-state index contributed by atoms with van der Waals surface area (Å²) in [4.78, 5) is 41.5. The fourth-order valence-corrected chi connectivity index (χ4v) is 10.6. The van der Waals surface area contributed by atoms with E-state index in [0.717, 1.165) is 5.56 Å². The number of amides is 1. The van der Waals surface area contributed by atoms with Gasteiger partial charge in [-0.05, 0) is 68.3 Å². The first-order valence-electron chi connectivity index (χ1n) is 17.7. The first-order chi connectivity index (χ1) is 24.9. The van der Waals surface area contributed by atoms with Gasteiger partial charge >= 0.3 is 5.97 Å². The fourth-order valence-electron chi connectivity index (χ4n) is 8.05. The molecule has 12 nitrogen and oxygen atoms in total. The molecule has 2 aromatic heterocycles. The SMILES string of the molecule is COC(=O)CCCCN1C(=O)[C@]2(O[C@H](CCn3cc(C(CO)c4ccccc4)nn3)[C@@H]([Si](C)(C)F)[C@@H]2C)c2cc(-n3cccc(OC)c3=O)ccc21. The molecule has 1 unspecified atom stereocenters. The van der Waals surface area contributed by atoms with Gasteiger partial charge in [0.15, 0.2) is 11.4 Å². The molecule has 14 heteroatoms. The number of hydrogen-bond donors (Lipinski definition) is 1. The Kier molecular flexibility index (Phi) is 10.8. The second-order valence-electron chi connectivity index (χ2n) is 14.1. The maximum Gasteiger partial charge on any atom is 0.305 e. The Morgan fingerprint density at radius 1 is 1.08 bits per heavy atom. The van der Waals surface area contributed by atoms with Gasteiger partial charge < -0.3 is 28.3 Å². The molecule has 4 aromatic rings. The summed E-state index contributed by atoms with van der Waals surface area (Å²) in [6.45, 7) is 5.74. The molecule has 4 heterocycles. The van der Waals surface area contributed by atoms with Crippen molar-refractivity contribution in [3.63, 3.8) is 0 Å². The quantitative estimate of drug-likeness (QED) is 0.0811. The van der Waals surface area contributed by atoms with Crippen molar-refractivity contribution in [2.75, 3.05) is 32.3 Å². The number of rotatable bonds is 14. The van der Waals surface area contributed by atoms with Crippen LogP contribution >= 0.6 is 0 Å². The summed E-state index contributed by atoms with van der Waals surface area (Å²) in [7, 11) is -0.686. The summed E-state index contributed by atoms with van der Waals surface area (Å²) in [5.41, 5.74) is 0.832. The zero-order valence-corrected chi connectivity index (χ0v) is 31.2. The number of aliphatic hydroxyl groups excluding tert-OH is 1. The predicted molar refractivity (Wildman–Crippen MR) is 195 cm³/mol. The number of aliphatic hydroxyl groups is 1. The number of aromatic nitrogens is 4. The Morgan fingerprint density at radius 2 is 1.85 bits per heavy atom. The van der Waals surface area contributed by atoms with E-state index in [1.165, 1.54) is 18.8 Å². The molecule has 1 saturated heterocycles. The van der Waals surface area contributed by atoms with Gasteiger partial charge in [-0.1, -0.05) is 42.5 Å². The molecule has 2 aliphatic heterocycles. The van der Waals surface area contributed by atoms with E-state index in [1.54, 1.807) is 65.4 Å². The fraction of sp³-hybridized carbons (Fsp3) is 0.447. The number of carbonyl (C=O) groups excluding carboxylic acids is 2. The van der Waals surface area contributed by atoms with Crippen molar-refractivity contribution >= 4 is 26.0 Å². The number of hydrogen-bond acceptors (Lipinski definition) is 9. The minimum Gasteiger partial charge on any atom is -0.491 e. The molecule has 1 N–H and O–H groups in total. The largest absolute Gasteiger partial charge is 0.491 e. The molecule has 2 aromatic carbocycles. The van der Waals surface area contributed by atoms with E-state index in [0.29, 0.717) is 55.0 Å². The Bertz CT molecular complexity index is 1960. The summed E-state index contributed by atoms with van der Waals surface area (Å²) in [5.74, 6) is -1.33. The lowest BCUT2D eigenvalue weighted by Gasteiger charge is -2.31. The topological polar surface area (TPSA) is 138 Å². The van der Waals surface area contributed by atoms with Gasteiger partial charge in [-0.2, -0.15) is 0 Å². The van der Waals surface area contributed by atoms with Crippen LogP contribution in [0.4, 0.5) is 9.80 Å². The van der Waals surface area contributed by atoms with Crippen LogP contribution in [0.1, 0.15) is 55.3 Å². The van der Waals surface area contributed by atoms with E-state index < -0.39 is 31.6 Å². The number of ether oxygens (including phenoxy) is 3. The molecular weight excluding hydrogens is 686 g/mol. The number of unbranched alkanes of at least 4 members (excludes halogenated alkanes) is 1. The molecule has 1 amide bonds. The number of benzene rings is 2. The van der Waals surface area contributed by atoms with E-state index in [9.17, 15) is 19.5 Å². The number of aryl methyl sites for hydroxylation is 1. The second kappa shape index (κ2) is 15.1. The van der Waals surface area contributed by atoms with Gasteiger partial charge in [0.1, 0.15) is 0 Å². The first kappa shape index (κ1) is 37.1. The number of methoxy groups -OCH3 is 2. The number of nitrogens with zero attached hydrogens (tertiary/aromatic N) is 5. The van der Waals surface area contributed by atoms with E-state index in [4.69, 9.17) is 14.2 Å². The number of halogens is 1. The third-order valence-electron chi connectivity index (χ3n) is 10.5. The zero-order chi connectivity index (χ0) is 37.2. The number of pyridine rings is 1. The van der Waals surface area contributed by atoms with Crippen LogP contribution in [-0.2, 0) is 31.2 Å². The Morgan fingerprint density at radius 3 is 2.54 bits per heavy atom.